The van der Waals surface area contributed by atoms with Crippen LogP contribution in [0.25, 0.3) is 0 Å². The minimum atomic E-state index is -0.867. The van der Waals surface area contributed by atoms with Crippen molar-refractivity contribution < 1.29 is 29.0 Å². The quantitative estimate of drug-likeness (QED) is 0.202. The van der Waals surface area contributed by atoms with Gasteiger partial charge in [0, 0.05) is 23.3 Å². The molecule has 4 aliphatic rings. The van der Waals surface area contributed by atoms with Crippen molar-refractivity contribution in [1.29, 1.82) is 0 Å². The molecule has 1 N–H and O–H groups in total. The molecule has 8 atom stereocenters. The van der Waals surface area contributed by atoms with E-state index in [0.717, 1.165) is 44.9 Å². The SMILES string of the molecule is CC(=O)O[C@H]1CC[C@]2(C)C3=CC[C@]4(C)[C@@H]([C@H](C)CC/C=C(\C)C(=O)O)C[C@H](OC=O)[C@@]4(C)C3=CC[C@H]2C1(C)C. The molecule has 0 saturated heterocycles. The standard InChI is InChI=1S/C33H48O6/c1-20(10-9-11-21(2)29(36)37)25-18-28(38-19-34)33(8)24-12-13-26-30(4,5)27(39-22(3)35)15-16-31(26,6)23(24)14-17-32(25,33)7/h11-12,14,19-20,25-28H,9-10,13,15-18H2,1-8H3,(H,36,37)/b21-11+/t20-,25-,26+,27+,28+,31-,32-,33-/m1/s1. The van der Waals surface area contributed by atoms with E-state index in [9.17, 15) is 19.5 Å². The Kier molecular flexibility index (Phi) is 7.77. The normalized spacial score (nSPS) is 39.7. The van der Waals surface area contributed by atoms with Crippen LogP contribution in [0.15, 0.2) is 34.9 Å². The summed E-state index contributed by atoms with van der Waals surface area (Å²) in [5.41, 5.74) is 2.54. The smallest absolute Gasteiger partial charge is 0.330 e. The van der Waals surface area contributed by atoms with Crippen molar-refractivity contribution in [3.8, 4) is 0 Å². The molecule has 4 aliphatic carbocycles. The van der Waals surface area contributed by atoms with Gasteiger partial charge in [-0.1, -0.05) is 59.8 Å². The van der Waals surface area contributed by atoms with Crippen LogP contribution >= 0.6 is 0 Å². The number of rotatable bonds is 8. The van der Waals surface area contributed by atoms with E-state index < -0.39 is 5.97 Å². The molecule has 0 amide bonds. The number of allylic oxidation sites excluding steroid dienone is 4. The van der Waals surface area contributed by atoms with Gasteiger partial charge in [-0.05, 0) is 91.6 Å². The average molecular weight is 541 g/mol. The Morgan fingerprint density at radius 3 is 2.41 bits per heavy atom. The van der Waals surface area contributed by atoms with Crippen LogP contribution < -0.4 is 0 Å². The molecule has 2 saturated carbocycles. The predicted molar refractivity (Wildman–Crippen MR) is 151 cm³/mol. The lowest BCUT2D eigenvalue weighted by molar-refractivity contribution is -0.166. The number of esters is 1. The number of carbonyl (C=O) groups excluding carboxylic acids is 2. The van der Waals surface area contributed by atoms with Crippen molar-refractivity contribution in [3.05, 3.63) is 34.9 Å². The van der Waals surface area contributed by atoms with E-state index in [-0.39, 0.29) is 39.8 Å². The molecule has 4 rings (SSSR count). The number of aliphatic carboxylic acids is 1. The van der Waals surface area contributed by atoms with Crippen LogP contribution in [0.4, 0.5) is 0 Å². The lowest BCUT2D eigenvalue weighted by Crippen LogP contribution is -2.56. The van der Waals surface area contributed by atoms with Crippen molar-refractivity contribution >= 4 is 18.4 Å². The highest BCUT2D eigenvalue weighted by Gasteiger charge is 2.67. The van der Waals surface area contributed by atoms with Crippen molar-refractivity contribution in [2.24, 2.45) is 39.4 Å². The molecule has 216 valence electrons. The number of hydrogen-bond acceptors (Lipinski definition) is 5. The van der Waals surface area contributed by atoms with Crippen LogP contribution in [0.3, 0.4) is 0 Å². The summed E-state index contributed by atoms with van der Waals surface area (Å²) < 4.78 is 11.7. The lowest BCUT2D eigenvalue weighted by Gasteiger charge is -2.61. The molecule has 0 aliphatic heterocycles. The maximum Gasteiger partial charge on any atom is 0.330 e. The fraction of sp³-hybridized carbons (Fsp3) is 0.727. The summed E-state index contributed by atoms with van der Waals surface area (Å²) in [7, 11) is 0. The fourth-order valence-electron chi connectivity index (χ4n) is 9.42. The van der Waals surface area contributed by atoms with Crippen LogP contribution in [0.2, 0.25) is 0 Å². The van der Waals surface area contributed by atoms with Gasteiger partial charge in [0.05, 0.1) is 0 Å². The van der Waals surface area contributed by atoms with Gasteiger partial charge in [0.2, 0.25) is 0 Å². The second-order valence-electron chi connectivity index (χ2n) is 14.0. The molecule has 0 bridgehead atoms. The van der Waals surface area contributed by atoms with Crippen LogP contribution in [0, 0.1) is 39.4 Å². The van der Waals surface area contributed by atoms with Crippen molar-refractivity contribution in [2.45, 2.75) is 113 Å². The largest absolute Gasteiger partial charge is 0.478 e. The minimum Gasteiger partial charge on any atom is -0.478 e. The van der Waals surface area contributed by atoms with Gasteiger partial charge >= 0.3 is 11.9 Å². The molecular formula is C33H48O6. The van der Waals surface area contributed by atoms with Gasteiger partial charge in [-0.2, -0.15) is 0 Å². The van der Waals surface area contributed by atoms with Crippen LogP contribution in [-0.2, 0) is 23.9 Å². The van der Waals surface area contributed by atoms with Crippen LogP contribution in [-0.4, -0.2) is 35.7 Å². The van der Waals surface area contributed by atoms with Crippen molar-refractivity contribution in [1.82, 2.24) is 0 Å². The van der Waals surface area contributed by atoms with Crippen molar-refractivity contribution in [2.75, 3.05) is 0 Å². The molecule has 0 heterocycles. The molecule has 0 spiro atoms. The molecule has 0 unspecified atom stereocenters. The monoisotopic (exact) mass is 540 g/mol. The van der Waals surface area contributed by atoms with Crippen molar-refractivity contribution in [3.63, 3.8) is 0 Å². The summed E-state index contributed by atoms with van der Waals surface area (Å²) in [6, 6.07) is 0. The first-order valence-corrected chi connectivity index (χ1v) is 14.7. The summed E-state index contributed by atoms with van der Waals surface area (Å²) in [6.45, 7) is 17.7. The highest BCUT2D eigenvalue weighted by atomic mass is 16.5. The molecule has 2 fully saturated rings. The zero-order chi connectivity index (χ0) is 29.0. The third kappa shape index (κ3) is 4.50. The van der Waals surface area contributed by atoms with E-state index in [1.54, 1.807) is 6.92 Å². The Morgan fingerprint density at radius 2 is 1.79 bits per heavy atom. The lowest BCUT2D eigenvalue weighted by atomic mass is 9.44. The van der Waals surface area contributed by atoms with Gasteiger partial charge < -0.3 is 14.6 Å². The Balaban J connectivity index is 1.70. The summed E-state index contributed by atoms with van der Waals surface area (Å²) in [6.07, 6.45) is 12.5. The van der Waals surface area contributed by atoms with E-state index in [1.807, 2.05) is 6.08 Å². The minimum absolute atomic E-state index is 0.0385. The molecule has 6 nitrogen and oxygen atoms in total. The van der Waals surface area contributed by atoms with E-state index in [0.29, 0.717) is 29.8 Å². The molecule has 0 aromatic carbocycles. The first kappa shape index (κ1) is 29.6. The second-order valence-corrected chi connectivity index (χ2v) is 14.0. The van der Waals surface area contributed by atoms with Gasteiger partial charge in [-0.15, -0.1) is 0 Å². The molecule has 6 heteroatoms. The third-order valence-corrected chi connectivity index (χ3v) is 11.9. The fourth-order valence-corrected chi connectivity index (χ4v) is 9.42. The zero-order valence-electron chi connectivity index (χ0n) is 25.1. The highest BCUT2D eigenvalue weighted by molar-refractivity contribution is 5.85. The Labute approximate surface area is 234 Å². The topological polar surface area (TPSA) is 89.9 Å². The number of ether oxygens (including phenoxy) is 2. The number of carboxylic acids is 1. The first-order valence-electron chi connectivity index (χ1n) is 14.7. The van der Waals surface area contributed by atoms with Gasteiger partial charge in [0.25, 0.3) is 6.47 Å². The first-order chi connectivity index (χ1) is 18.1. The van der Waals surface area contributed by atoms with E-state index in [2.05, 4.69) is 53.7 Å². The Bertz CT molecular complexity index is 1110. The summed E-state index contributed by atoms with van der Waals surface area (Å²) in [4.78, 5) is 34.9. The number of carboxylic acid groups (broad SMARTS) is 1. The van der Waals surface area contributed by atoms with E-state index >= 15 is 0 Å². The number of fused-ring (bicyclic) bond motifs is 5. The van der Waals surface area contributed by atoms with Crippen LogP contribution in [0.5, 0.6) is 0 Å². The molecule has 39 heavy (non-hydrogen) atoms. The van der Waals surface area contributed by atoms with Gasteiger partial charge in [0.1, 0.15) is 12.2 Å². The maximum atomic E-state index is 11.9. The maximum absolute atomic E-state index is 11.9. The summed E-state index contributed by atoms with van der Waals surface area (Å²) in [5.74, 6) is -0.0396. The van der Waals surface area contributed by atoms with Crippen LogP contribution in [0.1, 0.15) is 100 Å². The van der Waals surface area contributed by atoms with Gasteiger partial charge in [0.15, 0.2) is 0 Å². The van der Waals surface area contributed by atoms with Gasteiger partial charge in [-0.3, -0.25) is 9.59 Å². The number of carbonyl (C=O) groups is 3. The van der Waals surface area contributed by atoms with E-state index in [1.165, 1.54) is 18.1 Å². The third-order valence-electron chi connectivity index (χ3n) is 11.9. The molecule has 0 aromatic rings. The average Bonchev–Trinajstić information content (AvgIpc) is 3.08. The highest BCUT2D eigenvalue weighted by Crippen LogP contribution is 2.72. The Hall–Kier alpha value is -2.37. The van der Waals surface area contributed by atoms with E-state index in [4.69, 9.17) is 9.47 Å². The Morgan fingerprint density at radius 1 is 1.10 bits per heavy atom. The number of hydrogen-bond donors (Lipinski definition) is 1. The predicted octanol–water partition coefficient (Wildman–Crippen LogP) is 7.04. The molecule has 0 aromatic heterocycles. The molecule has 0 radical (unpaired) electrons. The summed E-state index contributed by atoms with van der Waals surface area (Å²) >= 11 is 0. The second kappa shape index (κ2) is 10.2. The zero-order valence-corrected chi connectivity index (χ0v) is 25.1. The summed E-state index contributed by atoms with van der Waals surface area (Å²) in [5, 5.41) is 9.23. The molecular weight excluding hydrogens is 492 g/mol. The van der Waals surface area contributed by atoms with Gasteiger partial charge in [-0.25, -0.2) is 4.79 Å².